The van der Waals surface area contributed by atoms with Crippen LogP contribution < -0.4 is 10.2 Å². The molecule has 1 fully saturated rings. The number of anilines is 2. The molecule has 31 heavy (non-hydrogen) atoms. The molecule has 1 aliphatic rings. The SMILES string of the molecule is O=[N+]([O-])c1c(NCc2ccc(F)cc2)ncnc1N1CCC(Cc2ccccc2)CC1. The highest BCUT2D eigenvalue weighted by Gasteiger charge is 2.29. The Morgan fingerprint density at radius 2 is 1.74 bits per heavy atom. The zero-order valence-electron chi connectivity index (χ0n) is 17.1. The molecule has 160 valence electrons. The molecule has 0 atom stereocenters. The fourth-order valence-corrected chi connectivity index (χ4v) is 3.98. The molecule has 1 aliphatic heterocycles. The first-order valence-corrected chi connectivity index (χ1v) is 10.4. The molecule has 0 unspecified atom stereocenters. The van der Waals surface area contributed by atoms with Gasteiger partial charge in [0.1, 0.15) is 12.1 Å². The number of nitro groups is 1. The van der Waals surface area contributed by atoms with E-state index < -0.39 is 4.92 Å². The minimum absolute atomic E-state index is 0.119. The van der Waals surface area contributed by atoms with Crippen molar-refractivity contribution >= 4 is 17.3 Å². The van der Waals surface area contributed by atoms with E-state index in [2.05, 4.69) is 39.6 Å². The summed E-state index contributed by atoms with van der Waals surface area (Å²) in [7, 11) is 0. The minimum Gasteiger partial charge on any atom is -0.360 e. The number of halogens is 1. The summed E-state index contributed by atoms with van der Waals surface area (Å²) < 4.78 is 13.1. The molecule has 2 heterocycles. The van der Waals surface area contributed by atoms with E-state index in [9.17, 15) is 14.5 Å². The van der Waals surface area contributed by atoms with Gasteiger partial charge in [-0.25, -0.2) is 14.4 Å². The van der Waals surface area contributed by atoms with Crippen molar-refractivity contribution in [3.05, 3.63) is 88.0 Å². The number of aromatic nitrogens is 2. The first-order valence-electron chi connectivity index (χ1n) is 10.4. The van der Waals surface area contributed by atoms with Crippen molar-refractivity contribution in [2.24, 2.45) is 5.92 Å². The summed E-state index contributed by atoms with van der Waals surface area (Å²) in [6, 6.07) is 16.4. The molecular weight excluding hydrogens is 397 g/mol. The van der Waals surface area contributed by atoms with E-state index in [1.54, 1.807) is 12.1 Å². The Bertz CT molecular complexity index is 1020. The summed E-state index contributed by atoms with van der Waals surface area (Å²) >= 11 is 0. The van der Waals surface area contributed by atoms with Crippen LogP contribution in [0.5, 0.6) is 0 Å². The first-order chi connectivity index (χ1) is 15.1. The van der Waals surface area contributed by atoms with Gasteiger partial charge in [0.15, 0.2) is 0 Å². The van der Waals surface area contributed by atoms with Crippen LogP contribution in [-0.2, 0) is 13.0 Å². The number of piperidine rings is 1. The molecule has 8 heteroatoms. The number of nitrogens with zero attached hydrogens (tertiary/aromatic N) is 4. The van der Waals surface area contributed by atoms with Crippen molar-refractivity contribution in [3.63, 3.8) is 0 Å². The maximum atomic E-state index is 13.1. The van der Waals surface area contributed by atoms with Crippen LogP contribution in [0.25, 0.3) is 0 Å². The lowest BCUT2D eigenvalue weighted by atomic mass is 9.90. The Balaban J connectivity index is 1.45. The van der Waals surface area contributed by atoms with E-state index in [1.807, 2.05) is 11.0 Å². The Morgan fingerprint density at radius 3 is 2.42 bits per heavy atom. The van der Waals surface area contributed by atoms with Gasteiger partial charge >= 0.3 is 5.69 Å². The van der Waals surface area contributed by atoms with Gasteiger partial charge in [-0.1, -0.05) is 42.5 Å². The van der Waals surface area contributed by atoms with Gasteiger partial charge in [-0.3, -0.25) is 10.1 Å². The van der Waals surface area contributed by atoms with Crippen molar-refractivity contribution in [2.45, 2.75) is 25.8 Å². The first kappa shape index (κ1) is 20.7. The number of hydrogen-bond acceptors (Lipinski definition) is 6. The van der Waals surface area contributed by atoms with Crippen molar-refractivity contribution in [1.29, 1.82) is 0 Å². The van der Waals surface area contributed by atoms with Crippen LogP contribution in [0.15, 0.2) is 60.9 Å². The van der Waals surface area contributed by atoms with Crippen molar-refractivity contribution in [1.82, 2.24) is 9.97 Å². The second-order valence-corrected chi connectivity index (χ2v) is 7.75. The quantitative estimate of drug-likeness (QED) is 0.444. The molecule has 0 spiro atoms. The Hall–Kier alpha value is -3.55. The summed E-state index contributed by atoms with van der Waals surface area (Å²) in [6.45, 7) is 1.73. The summed E-state index contributed by atoms with van der Waals surface area (Å²) in [5.74, 6) is 0.746. The smallest absolute Gasteiger partial charge is 0.353 e. The third-order valence-corrected chi connectivity index (χ3v) is 5.64. The molecule has 0 saturated carbocycles. The van der Waals surface area contributed by atoms with E-state index >= 15 is 0 Å². The average molecular weight is 421 g/mol. The van der Waals surface area contributed by atoms with Gasteiger partial charge in [-0.15, -0.1) is 0 Å². The summed E-state index contributed by atoms with van der Waals surface area (Å²) in [6.07, 6.45) is 4.28. The molecule has 7 nitrogen and oxygen atoms in total. The van der Waals surface area contributed by atoms with Crippen LogP contribution in [-0.4, -0.2) is 28.0 Å². The lowest BCUT2D eigenvalue weighted by Crippen LogP contribution is -2.35. The highest BCUT2D eigenvalue weighted by Crippen LogP contribution is 2.34. The lowest BCUT2D eigenvalue weighted by Gasteiger charge is -2.32. The van der Waals surface area contributed by atoms with Gasteiger partial charge in [-0.05, 0) is 48.4 Å². The number of rotatable bonds is 7. The van der Waals surface area contributed by atoms with Gasteiger partial charge in [0.05, 0.1) is 4.92 Å². The normalized spacial score (nSPS) is 14.4. The second kappa shape index (κ2) is 9.51. The fraction of sp³-hybridized carbons (Fsp3) is 0.304. The fourth-order valence-electron chi connectivity index (χ4n) is 3.98. The third kappa shape index (κ3) is 5.14. The lowest BCUT2D eigenvalue weighted by molar-refractivity contribution is -0.383. The van der Waals surface area contributed by atoms with E-state index in [-0.39, 0.29) is 17.3 Å². The zero-order chi connectivity index (χ0) is 21.6. The van der Waals surface area contributed by atoms with Crippen LogP contribution in [0.4, 0.5) is 21.7 Å². The molecule has 0 bridgehead atoms. The molecule has 3 aromatic rings. The largest absolute Gasteiger partial charge is 0.360 e. The van der Waals surface area contributed by atoms with E-state index in [1.165, 1.54) is 24.0 Å². The molecule has 0 amide bonds. The minimum atomic E-state index is -0.432. The molecule has 0 radical (unpaired) electrons. The van der Waals surface area contributed by atoms with E-state index in [0.29, 0.717) is 31.4 Å². The Kier molecular flexibility index (Phi) is 6.35. The monoisotopic (exact) mass is 421 g/mol. The summed E-state index contributed by atoms with van der Waals surface area (Å²) in [5.41, 5.74) is 2.00. The average Bonchev–Trinajstić information content (AvgIpc) is 2.79. The molecule has 0 aliphatic carbocycles. The van der Waals surface area contributed by atoms with Gasteiger partial charge in [-0.2, -0.15) is 0 Å². The van der Waals surface area contributed by atoms with Crippen LogP contribution >= 0.6 is 0 Å². The second-order valence-electron chi connectivity index (χ2n) is 7.75. The maximum Gasteiger partial charge on any atom is 0.353 e. The van der Waals surface area contributed by atoms with Crippen LogP contribution in [0.3, 0.4) is 0 Å². The molecule has 1 aromatic heterocycles. The van der Waals surface area contributed by atoms with Crippen LogP contribution in [0, 0.1) is 21.8 Å². The zero-order valence-corrected chi connectivity index (χ0v) is 17.1. The number of nitrogens with one attached hydrogen (secondary N) is 1. The standard InChI is InChI=1S/C23H24FN5O2/c24-20-8-6-19(7-9-20)15-25-22-21(29(30)31)23(27-16-26-22)28-12-10-18(11-13-28)14-17-4-2-1-3-5-17/h1-9,16,18H,10-15H2,(H,25,26,27). The summed E-state index contributed by atoms with van der Waals surface area (Å²) in [4.78, 5) is 21.7. The number of hydrogen-bond donors (Lipinski definition) is 1. The number of benzene rings is 2. The van der Waals surface area contributed by atoms with Gasteiger partial charge < -0.3 is 10.2 Å². The molecular formula is C23H24FN5O2. The van der Waals surface area contributed by atoms with E-state index in [0.717, 1.165) is 24.8 Å². The molecule has 2 aromatic carbocycles. The highest BCUT2D eigenvalue weighted by atomic mass is 19.1. The Labute approximate surface area is 180 Å². The van der Waals surface area contributed by atoms with Crippen molar-refractivity contribution in [2.75, 3.05) is 23.3 Å². The highest BCUT2D eigenvalue weighted by molar-refractivity contribution is 5.70. The molecule has 1 N–H and O–H groups in total. The van der Waals surface area contributed by atoms with Crippen LogP contribution in [0.1, 0.15) is 24.0 Å². The molecule has 1 saturated heterocycles. The predicted octanol–water partition coefficient (Wildman–Crippen LogP) is 4.60. The van der Waals surface area contributed by atoms with Crippen molar-refractivity contribution < 1.29 is 9.31 Å². The van der Waals surface area contributed by atoms with Gasteiger partial charge in [0.25, 0.3) is 0 Å². The van der Waals surface area contributed by atoms with Gasteiger partial charge in [0.2, 0.25) is 11.6 Å². The third-order valence-electron chi connectivity index (χ3n) is 5.64. The maximum absolute atomic E-state index is 13.1. The van der Waals surface area contributed by atoms with Crippen LogP contribution in [0.2, 0.25) is 0 Å². The topological polar surface area (TPSA) is 84.2 Å². The van der Waals surface area contributed by atoms with Crippen molar-refractivity contribution in [3.8, 4) is 0 Å². The summed E-state index contributed by atoms with van der Waals surface area (Å²) in [5, 5.41) is 14.9. The molecule has 4 rings (SSSR count). The Morgan fingerprint density at radius 1 is 1.03 bits per heavy atom. The van der Waals surface area contributed by atoms with Gasteiger partial charge in [0, 0.05) is 19.6 Å². The van der Waals surface area contributed by atoms with E-state index in [4.69, 9.17) is 0 Å². The predicted molar refractivity (Wildman–Crippen MR) is 117 cm³/mol.